The molecule has 0 spiro atoms. The number of nitrogens with one attached hydrogen (secondary N) is 1. The van der Waals surface area contributed by atoms with Crippen molar-refractivity contribution in [1.82, 2.24) is 14.7 Å². The maximum Gasteiger partial charge on any atom is 0.225 e. The van der Waals surface area contributed by atoms with Gasteiger partial charge in [0.25, 0.3) is 0 Å². The molecule has 126 valence electrons. The normalized spacial score (nSPS) is 11.3. The average Bonchev–Trinajstić information content (AvgIpc) is 3.15. The van der Waals surface area contributed by atoms with Crippen molar-refractivity contribution in [2.75, 3.05) is 6.54 Å². The summed E-state index contributed by atoms with van der Waals surface area (Å²) < 4.78 is 2.03. The third-order valence-corrected chi connectivity index (χ3v) is 4.88. The maximum atomic E-state index is 12.1. The van der Waals surface area contributed by atoms with Gasteiger partial charge in [-0.15, -0.1) is 11.3 Å². The van der Waals surface area contributed by atoms with E-state index in [2.05, 4.69) is 50.4 Å². The van der Waals surface area contributed by atoms with Gasteiger partial charge in [0, 0.05) is 29.4 Å². The third kappa shape index (κ3) is 3.67. The quantitative estimate of drug-likeness (QED) is 0.738. The lowest BCUT2D eigenvalue weighted by atomic mass is 10.1. The molecule has 0 fully saturated rings. The number of nitrogens with zero attached hydrogens (tertiary/aromatic N) is 2. The van der Waals surface area contributed by atoms with Gasteiger partial charge in [-0.3, -0.25) is 9.20 Å². The topological polar surface area (TPSA) is 46.4 Å². The van der Waals surface area contributed by atoms with Crippen molar-refractivity contribution in [3.8, 4) is 11.3 Å². The molecule has 0 radical (unpaired) electrons. The summed E-state index contributed by atoms with van der Waals surface area (Å²) in [4.78, 5) is 17.7. The van der Waals surface area contributed by atoms with Gasteiger partial charge in [0.1, 0.15) is 0 Å². The van der Waals surface area contributed by atoms with Gasteiger partial charge in [0.2, 0.25) is 5.91 Å². The molecule has 4 nitrogen and oxygen atoms in total. The first-order valence-corrected chi connectivity index (χ1v) is 9.26. The van der Waals surface area contributed by atoms with Crippen molar-refractivity contribution < 1.29 is 4.79 Å². The fourth-order valence-electron chi connectivity index (χ4n) is 2.55. The second-order valence-corrected chi connectivity index (χ2v) is 7.27. The summed E-state index contributed by atoms with van der Waals surface area (Å²) in [5.74, 6) is 0.522. The molecule has 0 bridgehead atoms. The van der Waals surface area contributed by atoms with E-state index in [-0.39, 0.29) is 5.91 Å². The summed E-state index contributed by atoms with van der Waals surface area (Å²) in [6.45, 7) is 7.05. The average molecular weight is 341 g/mol. The minimum Gasteiger partial charge on any atom is -0.356 e. The lowest BCUT2D eigenvalue weighted by Crippen LogP contribution is -2.28. The highest BCUT2D eigenvalue weighted by atomic mass is 32.1. The Bertz CT molecular complexity index is 830. The molecule has 0 unspecified atom stereocenters. The standard InChI is InChI=1S/C19H23N3OS/c1-4-14-5-7-15(8-6-14)17-11-22-16(12-24-19(22)21-17)9-18(23)20-10-13(2)3/h5-8,11-13H,4,9-10H2,1-3H3,(H,20,23). The highest BCUT2D eigenvalue weighted by Crippen LogP contribution is 2.24. The molecule has 0 aliphatic carbocycles. The summed E-state index contributed by atoms with van der Waals surface area (Å²) in [6.07, 6.45) is 3.45. The van der Waals surface area contributed by atoms with Crippen molar-refractivity contribution in [3.05, 3.63) is 47.1 Å². The number of aryl methyl sites for hydroxylation is 1. The molecule has 3 rings (SSSR count). The van der Waals surface area contributed by atoms with E-state index in [1.54, 1.807) is 11.3 Å². The molecule has 24 heavy (non-hydrogen) atoms. The molecule has 2 aromatic heterocycles. The van der Waals surface area contributed by atoms with Gasteiger partial charge in [0.15, 0.2) is 4.96 Å². The molecule has 1 aromatic carbocycles. The number of rotatable bonds is 6. The Morgan fingerprint density at radius 2 is 2.04 bits per heavy atom. The van der Waals surface area contributed by atoms with Gasteiger partial charge in [-0.2, -0.15) is 0 Å². The molecule has 5 heteroatoms. The van der Waals surface area contributed by atoms with Crippen LogP contribution >= 0.6 is 11.3 Å². The van der Waals surface area contributed by atoms with Crippen LogP contribution in [0.3, 0.4) is 0 Å². The number of aromatic nitrogens is 2. The molecule has 0 aliphatic rings. The van der Waals surface area contributed by atoms with E-state index in [0.717, 1.165) is 28.3 Å². The summed E-state index contributed by atoms with van der Waals surface area (Å²) in [5.41, 5.74) is 4.37. The Kier molecular flexibility index (Phi) is 5.00. The van der Waals surface area contributed by atoms with Crippen LogP contribution < -0.4 is 5.32 Å². The largest absolute Gasteiger partial charge is 0.356 e. The van der Waals surface area contributed by atoms with E-state index in [0.29, 0.717) is 18.9 Å². The number of fused-ring (bicyclic) bond motifs is 1. The number of benzene rings is 1. The number of amides is 1. The van der Waals surface area contributed by atoms with Crippen LogP contribution in [0.5, 0.6) is 0 Å². The molecule has 0 atom stereocenters. The highest BCUT2D eigenvalue weighted by molar-refractivity contribution is 7.15. The lowest BCUT2D eigenvalue weighted by molar-refractivity contribution is -0.120. The van der Waals surface area contributed by atoms with Gasteiger partial charge in [-0.05, 0) is 17.9 Å². The number of carbonyl (C=O) groups is 1. The second-order valence-electron chi connectivity index (χ2n) is 6.43. The molecular weight excluding hydrogens is 318 g/mol. The molecule has 0 saturated heterocycles. The fourth-order valence-corrected chi connectivity index (χ4v) is 3.42. The molecular formula is C19H23N3OS. The lowest BCUT2D eigenvalue weighted by Gasteiger charge is -2.06. The van der Waals surface area contributed by atoms with Crippen molar-refractivity contribution >= 4 is 22.2 Å². The van der Waals surface area contributed by atoms with E-state index < -0.39 is 0 Å². The number of carbonyl (C=O) groups excluding carboxylic acids is 1. The number of thiazole rings is 1. The van der Waals surface area contributed by atoms with Gasteiger partial charge in [-0.1, -0.05) is 45.0 Å². The van der Waals surface area contributed by atoms with Crippen LogP contribution in [0, 0.1) is 5.92 Å². The van der Waals surface area contributed by atoms with Crippen molar-refractivity contribution in [2.24, 2.45) is 5.92 Å². The minimum atomic E-state index is 0.0611. The van der Waals surface area contributed by atoms with Crippen molar-refractivity contribution in [3.63, 3.8) is 0 Å². The number of hydrogen-bond donors (Lipinski definition) is 1. The Labute approximate surface area is 146 Å². The predicted octanol–water partition coefficient (Wildman–Crippen LogP) is 3.94. The van der Waals surface area contributed by atoms with Crippen LogP contribution in [0.15, 0.2) is 35.8 Å². The van der Waals surface area contributed by atoms with Crippen LogP contribution in [0.4, 0.5) is 0 Å². The van der Waals surface area contributed by atoms with E-state index in [4.69, 9.17) is 4.98 Å². The minimum absolute atomic E-state index is 0.0611. The first-order valence-electron chi connectivity index (χ1n) is 8.38. The molecule has 1 amide bonds. The van der Waals surface area contributed by atoms with E-state index in [9.17, 15) is 4.79 Å². The van der Waals surface area contributed by atoms with Gasteiger partial charge < -0.3 is 5.32 Å². The number of hydrogen-bond acceptors (Lipinski definition) is 3. The van der Waals surface area contributed by atoms with Crippen LogP contribution in [-0.4, -0.2) is 21.8 Å². The molecule has 0 aliphatic heterocycles. The molecule has 2 heterocycles. The maximum absolute atomic E-state index is 12.1. The van der Waals surface area contributed by atoms with E-state index >= 15 is 0 Å². The van der Waals surface area contributed by atoms with E-state index in [1.165, 1.54) is 5.56 Å². The SMILES string of the molecule is CCc1ccc(-c2cn3c(CC(=O)NCC(C)C)csc3n2)cc1. The van der Waals surface area contributed by atoms with Gasteiger partial charge >= 0.3 is 0 Å². The Morgan fingerprint density at radius 3 is 2.71 bits per heavy atom. The first kappa shape index (κ1) is 16.7. The smallest absolute Gasteiger partial charge is 0.225 e. The monoisotopic (exact) mass is 341 g/mol. The summed E-state index contributed by atoms with van der Waals surface area (Å²) in [7, 11) is 0. The zero-order valence-electron chi connectivity index (χ0n) is 14.4. The predicted molar refractivity (Wildman–Crippen MR) is 99.4 cm³/mol. The van der Waals surface area contributed by atoms with Gasteiger partial charge in [0.05, 0.1) is 12.1 Å². The molecule has 0 saturated carbocycles. The Hall–Kier alpha value is -2.14. The Morgan fingerprint density at radius 1 is 1.29 bits per heavy atom. The third-order valence-electron chi connectivity index (χ3n) is 3.99. The number of imidazole rings is 1. The van der Waals surface area contributed by atoms with Crippen LogP contribution in [-0.2, 0) is 17.6 Å². The second kappa shape index (κ2) is 7.18. The zero-order valence-corrected chi connectivity index (χ0v) is 15.2. The van der Waals surface area contributed by atoms with Crippen LogP contribution in [0.25, 0.3) is 16.2 Å². The van der Waals surface area contributed by atoms with Crippen LogP contribution in [0.1, 0.15) is 32.0 Å². The van der Waals surface area contributed by atoms with Crippen molar-refractivity contribution in [1.29, 1.82) is 0 Å². The fraction of sp³-hybridized carbons (Fsp3) is 0.368. The zero-order chi connectivity index (χ0) is 17.1. The molecule has 3 aromatic rings. The summed E-state index contributed by atoms with van der Waals surface area (Å²) in [5, 5.41) is 4.98. The van der Waals surface area contributed by atoms with Crippen LogP contribution in [0.2, 0.25) is 0 Å². The van der Waals surface area contributed by atoms with E-state index in [1.807, 2.05) is 16.0 Å². The van der Waals surface area contributed by atoms with Crippen molar-refractivity contribution in [2.45, 2.75) is 33.6 Å². The molecule has 1 N–H and O–H groups in total. The first-order chi connectivity index (χ1) is 11.6. The summed E-state index contributed by atoms with van der Waals surface area (Å²) >= 11 is 1.58. The Balaban J connectivity index is 1.79. The summed E-state index contributed by atoms with van der Waals surface area (Å²) in [6, 6.07) is 8.51. The van der Waals surface area contributed by atoms with Gasteiger partial charge in [-0.25, -0.2) is 4.98 Å². The highest BCUT2D eigenvalue weighted by Gasteiger charge is 2.12.